The van der Waals surface area contributed by atoms with Crippen LogP contribution in [0.15, 0.2) is 89.8 Å². The topological polar surface area (TPSA) is 86.0 Å². The molecule has 1 aromatic heterocycles. The Labute approximate surface area is 280 Å². The summed E-state index contributed by atoms with van der Waals surface area (Å²) in [5, 5.41) is 15.6. The lowest BCUT2D eigenvalue weighted by Gasteiger charge is -2.32. The van der Waals surface area contributed by atoms with Gasteiger partial charge in [0.2, 0.25) is 5.91 Å². The Morgan fingerprint density at radius 1 is 1.11 bits per heavy atom. The number of aromatic nitrogens is 2. The smallest absolute Gasteiger partial charge is 0.351 e. The molecule has 1 amide bonds. The van der Waals surface area contributed by atoms with Gasteiger partial charge in [-0.2, -0.15) is 18.4 Å². The first-order valence-corrected chi connectivity index (χ1v) is 15.9. The second-order valence-electron chi connectivity index (χ2n) is 11.4. The van der Waals surface area contributed by atoms with Gasteiger partial charge in [-0.3, -0.25) is 4.79 Å². The predicted octanol–water partition coefficient (Wildman–Crippen LogP) is 7.56. The number of nitriles is 1. The van der Waals surface area contributed by atoms with E-state index in [0.29, 0.717) is 29.9 Å². The molecule has 0 saturated heterocycles. The number of nitrogens with zero attached hydrogens (tertiary/aromatic N) is 4. The van der Waals surface area contributed by atoms with Gasteiger partial charge in [0.15, 0.2) is 5.11 Å². The van der Waals surface area contributed by atoms with Crippen LogP contribution in [0.4, 0.5) is 18.9 Å². The number of hydrogen-bond acceptors (Lipinski definition) is 4. The fraction of sp³-hybridized carbons (Fsp3) is 0.294. The zero-order valence-corrected chi connectivity index (χ0v) is 27.8. The van der Waals surface area contributed by atoms with Gasteiger partial charge in [-0.15, -0.1) is 0 Å². The van der Waals surface area contributed by atoms with Gasteiger partial charge in [0.1, 0.15) is 0 Å². The van der Waals surface area contributed by atoms with E-state index in [1.165, 1.54) is 12.1 Å². The van der Waals surface area contributed by atoms with E-state index in [9.17, 15) is 18.0 Å². The number of carbonyl (C=O) groups is 1. The Morgan fingerprint density at radius 3 is 2.52 bits per heavy atom. The minimum atomic E-state index is -4.53. The number of nitrogens with one attached hydrogen (secondary N) is 2. The second-order valence-corrected chi connectivity index (χ2v) is 12.7. The number of hydrogen-bond donors (Lipinski definition) is 2. The van der Waals surface area contributed by atoms with Crippen LogP contribution < -0.4 is 10.6 Å². The third-order valence-electron chi connectivity index (χ3n) is 7.19. The molecule has 0 radical (unpaired) electrons. The highest BCUT2D eigenvalue weighted by atomic mass is 79.9. The highest BCUT2D eigenvalue weighted by Gasteiger charge is 2.34. The van der Waals surface area contributed by atoms with Crippen LogP contribution in [-0.2, 0) is 30.5 Å². The zero-order chi connectivity index (χ0) is 33.3. The maximum atomic E-state index is 13.9. The van der Waals surface area contributed by atoms with Crippen LogP contribution in [0.3, 0.4) is 0 Å². The summed E-state index contributed by atoms with van der Waals surface area (Å²) in [7, 11) is 0. The molecule has 3 aromatic carbocycles. The third kappa shape index (κ3) is 10.2. The van der Waals surface area contributed by atoms with Gasteiger partial charge < -0.3 is 20.1 Å². The van der Waals surface area contributed by atoms with Crippen LogP contribution in [0.2, 0.25) is 0 Å². The van der Waals surface area contributed by atoms with Crippen molar-refractivity contribution in [2.75, 3.05) is 11.9 Å². The first kappa shape index (κ1) is 34.7. The third-order valence-corrected chi connectivity index (χ3v) is 8.04. The molecule has 0 spiro atoms. The van der Waals surface area contributed by atoms with Crippen molar-refractivity contribution in [1.82, 2.24) is 19.8 Å². The van der Waals surface area contributed by atoms with E-state index in [2.05, 4.69) is 37.6 Å². The first-order valence-electron chi connectivity index (χ1n) is 14.6. The summed E-state index contributed by atoms with van der Waals surface area (Å²) in [5.41, 5.74) is 2.24. The lowest BCUT2D eigenvalue weighted by molar-refractivity contribution is -0.138. The van der Waals surface area contributed by atoms with E-state index in [1.54, 1.807) is 35.6 Å². The Balaban J connectivity index is 1.53. The van der Waals surface area contributed by atoms with Crippen molar-refractivity contribution < 1.29 is 18.0 Å². The normalized spacial score (nSPS) is 12.0. The average molecular weight is 712 g/mol. The standard InChI is InChI=1S/C34H34BrF3N6OS/c1-23(2)14-29(41-32(45)16-30-18-40-22-44(30)19-25-12-10-24(17-39)11-13-25)21-43(33(46)42-28-8-5-7-27(35)15-28)20-26-6-3-4-9-31(26)34(36,37)38/h3-13,15,18,22-23,29H,14,16,19-21H2,1-2H3,(H,41,45)(H,42,46)/t29-/m0/s1. The van der Waals surface area contributed by atoms with Crippen molar-refractivity contribution in [2.24, 2.45) is 5.92 Å². The summed E-state index contributed by atoms with van der Waals surface area (Å²) >= 11 is 9.18. The number of rotatable bonds is 12. The molecule has 1 heterocycles. The van der Waals surface area contributed by atoms with Gasteiger partial charge in [0, 0.05) is 47.7 Å². The van der Waals surface area contributed by atoms with Crippen molar-refractivity contribution in [3.63, 3.8) is 0 Å². The van der Waals surface area contributed by atoms with Crippen molar-refractivity contribution in [3.8, 4) is 6.07 Å². The molecular formula is C34H34BrF3N6OS. The van der Waals surface area contributed by atoms with Crippen molar-refractivity contribution in [1.29, 1.82) is 5.26 Å². The molecule has 0 aliphatic heterocycles. The number of thiocarbonyl (C=S) groups is 1. The molecule has 0 unspecified atom stereocenters. The maximum Gasteiger partial charge on any atom is 0.416 e. The highest BCUT2D eigenvalue weighted by molar-refractivity contribution is 9.10. The fourth-order valence-electron chi connectivity index (χ4n) is 5.10. The summed E-state index contributed by atoms with van der Waals surface area (Å²) in [5.74, 6) is -0.0585. The van der Waals surface area contributed by atoms with Crippen LogP contribution in [-0.4, -0.2) is 38.1 Å². The maximum absolute atomic E-state index is 13.9. The lowest BCUT2D eigenvalue weighted by Crippen LogP contribution is -2.47. The van der Waals surface area contributed by atoms with E-state index in [4.69, 9.17) is 17.5 Å². The van der Waals surface area contributed by atoms with E-state index < -0.39 is 17.8 Å². The zero-order valence-electron chi connectivity index (χ0n) is 25.4. The van der Waals surface area contributed by atoms with Crippen LogP contribution >= 0.6 is 28.1 Å². The average Bonchev–Trinajstić information content (AvgIpc) is 3.42. The number of alkyl halides is 3. The Kier molecular flexibility index (Phi) is 12.0. The molecule has 240 valence electrons. The summed E-state index contributed by atoms with van der Waals surface area (Å²) in [4.78, 5) is 19.3. The van der Waals surface area contributed by atoms with Crippen LogP contribution in [0.1, 0.15) is 48.2 Å². The molecule has 7 nitrogen and oxygen atoms in total. The second kappa shape index (κ2) is 15.9. The molecule has 0 saturated carbocycles. The van der Waals surface area contributed by atoms with Crippen molar-refractivity contribution in [3.05, 3.63) is 118 Å². The molecule has 12 heteroatoms. The molecule has 4 rings (SSSR count). The quantitative estimate of drug-likeness (QED) is 0.148. The molecule has 0 aliphatic rings. The van der Waals surface area contributed by atoms with E-state index >= 15 is 0 Å². The molecule has 2 N–H and O–H groups in total. The number of benzene rings is 3. The van der Waals surface area contributed by atoms with Crippen LogP contribution in [0.5, 0.6) is 0 Å². The largest absolute Gasteiger partial charge is 0.416 e. The van der Waals surface area contributed by atoms with Gasteiger partial charge in [-0.05, 0) is 72.1 Å². The summed E-state index contributed by atoms with van der Waals surface area (Å²) in [6, 6.07) is 21.6. The Hall–Kier alpha value is -4.21. The lowest BCUT2D eigenvalue weighted by atomic mass is 10.0. The SMILES string of the molecule is CC(C)C[C@@H](CN(Cc1ccccc1C(F)(F)F)C(=S)Nc1cccc(Br)c1)NC(=O)Cc1cncn1Cc1ccc(C#N)cc1. The predicted molar refractivity (Wildman–Crippen MR) is 180 cm³/mol. The van der Waals surface area contributed by atoms with Crippen molar-refractivity contribution in [2.45, 2.75) is 52.0 Å². The van der Waals surface area contributed by atoms with E-state index in [1.807, 2.05) is 54.8 Å². The van der Waals surface area contributed by atoms with Crippen molar-refractivity contribution >= 4 is 44.9 Å². The molecule has 1 atom stereocenters. The molecule has 4 aromatic rings. The van der Waals surface area contributed by atoms with Crippen LogP contribution in [0, 0.1) is 17.2 Å². The number of carbonyl (C=O) groups excluding carboxylic acids is 1. The number of halogens is 4. The molecule has 0 fully saturated rings. The van der Waals surface area contributed by atoms with Gasteiger partial charge in [-0.1, -0.05) is 66.2 Å². The molecular weight excluding hydrogens is 677 g/mol. The fourth-order valence-corrected chi connectivity index (χ4v) is 5.76. The number of anilines is 1. The number of imidazole rings is 1. The monoisotopic (exact) mass is 710 g/mol. The minimum Gasteiger partial charge on any atom is -0.351 e. The van der Waals surface area contributed by atoms with Gasteiger partial charge >= 0.3 is 6.18 Å². The summed E-state index contributed by atoms with van der Waals surface area (Å²) in [6.07, 6.45) is -0.611. The summed E-state index contributed by atoms with van der Waals surface area (Å²) < 4.78 is 44.5. The first-order chi connectivity index (χ1) is 21.9. The van der Waals surface area contributed by atoms with Gasteiger partial charge in [0.25, 0.3) is 0 Å². The Bertz CT molecular complexity index is 1680. The molecule has 0 aliphatic carbocycles. The van der Waals surface area contributed by atoms with Gasteiger partial charge in [0.05, 0.1) is 29.9 Å². The summed E-state index contributed by atoms with van der Waals surface area (Å²) in [6.45, 7) is 4.59. The van der Waals surface area contributed by atoms with Crippen LogP contribution in [0.25, 0.3) is 0 Å². The minimum absolute atomic E-state index is 0.0581. The van der Waals surface area contributed by atoms with E-state index in [0.717, 1.165) is 16.1 Å². The molecule has 0 bridgehead atoms. The number of amides is 1. The Morgan fingerprint density at radius 2 is 1.85 bits per heavy atom. The van der Waals surface area contributed by atoms with Gasteiger partial charge in [-0.25, -0.2) is 4.98 Å². The molecule has 46 heavy (non-hydrogen) atoms. The highest BCUT2D eigenvalue weighted by Crippen LogP contribution is 2.32. The van der Waals surface area contributed by atoms with E-state index in [-0.39, 0.29) is 42.0 Å².